The third kappa shape index (κ3) is 2.46. The summed E-state index contributed by atoms with van der Waals surface area (Å²) in [5.41, 5.74) is 3.08. The van der Waals surface area contributed by atoms with E-state index in [2.05, 4.69) is 15.1 Å². The van der Waals surface area contributed by atoms with Crippen LogP contribution in [0.2, 0.25) is 15.2 Å². The largest absolute Gasteiger partial charge is 0.248 e. The lowest BCUT2D eigenvalue weighted by Gasteiger charge is -2.06. The highest BCUT2D eigenvalue weighted by atomic mass is 35.5. The smallest absolute Gasteiger partial charge is 0.178 e. The van der Waals surface area contributed by atoms with E-state index in [4.69, 9.17) is 34.8 Å². The molecule has 0 spiro atoms. The van der Waals surface area contributed by atoms with Crippen molar-refractivity contribution >= 4 is 46.0 Å². The van der Waals surface area contributed by atoms with E-state index in [9.17, 15) is 0 Å². The molecule has 0 amide bonds. The summed E-state index contributed by atoms with van der Waals surface area (Å²) in [5.74, 6) is 0. The standard InChI is InChI=1S/C13H9Cl3N4/c1-7-12-13(18-11(16)5-17-12)20(19-7)6-8-2-3-9(14)4-10(8)15/h2-5H,6H2,1H3. The van der Waals surface area contributed by atoms with Crippen molar-refractivity contribution in [1.82, 2.24) is 19.7 Å². The van der Waals surface area contributed by atoms with Crippen LogP contribution >= 0.6 is 34.8 Å². The maximum Gasteiger partial charge on any atom is 0.178 e. The molecule has 7 heteroatoms. The van der Waals surface area contributed by atoms with E-state index in [1.54, 1.807) is 16.8 Å². The zero-order chi connectivity index (χ0) is 14.3. The quantitative estimate of drug-likeness (QED) is 0.710. The molecule has 2 aromatic heterocycles. The Hall–Kier alpha value is -1.36. The molecule has 0 aliphatic rings. The Morgan fingerprint density at radius 2 is 2.00 bits per heavy atom. The van der Waals surface area contributed by atoms with Crippen LogP contribution in [0.5, 0.6) is 0 Å². The molecule has 0 saturated carbocycles. The third-order valence-corrected chi connectivity index (χ3v) is 3.69. The van der Waals surface area contributed by atoms with Crippen molar-refractivity contribution in [2.75, 3.05) is 0 Å². The zero-order valence-electron chi connectivity index (χ0n) is 10.4. The van der Waals surface area contributed by atoms with Gasteiger partial charge in [-0.2, -0.15) is 5.10 Å². The molecule has 0 saturated heterocycles. The Labute approximate surface area is 130 Å². The number of aromatic nitrogens is 4. The Morgan fingerprint density at radius 1 is 1.20 bits per heavy atom. The van der Waals surface area contributed by atoms with Crippen molar-refractivity contribution in [3.8, 4) is 0 Å². The van der Waals surface area contributed by atoms with Gasteiger partial charge in [0.05, 0.1) is 18.4 Å². The molecule has 0 fully saturated rings. The van der Waals surface area contributed by atoms with Crippen molar-refractivity contribution in [3.63, 3.8) is 0 Å². The zero-order valence-corrected chi connectivity index (χ0v) is 12.7. The summed E-state index contributed by atoms with van der Waals surface area (Å²) in [4.78, 5) is 8.52. The summed E-state index contributed by atoms with van der Waals surface area (Å²) < 4.78 is 1.73. The lowest BCUT2D eigenvalue weighted by molar-refractivity contribution is 0.696. The van der Waals surface area contributed by atoms with Crippen molar-refractivity contribution in [2.24, 2.45) is 0 Å². The summed E-state index contributed by atoms with van der Waals surface area (Å²) in [7, 11) is 0. The van der Waals surface area contributed by atoms with Gasteiger partial charge in [0.25, 0.3) is 0 Å². The van der Waals surface area contributed by atoms with Crippen LogP contribution in [0.15, 0.2) is 24.4 Å². The lowest BCUT2D eigenvalue weighted by Crippen LogP contribution is -2.03. The van der Waals surface area contributed by atoms with Gasteiger partial charge in [-0.05, 0) is 24.6 Å². The first kappa shape index (κ1) is 13.6. The lowest BCUT2D eigenvalue weighted by atomic mass is 10.2. The Morgan fingerprint density at radius 3 is 2.75 bits per heavy atom. The molecule has 2 heterocycles. The average Bonchev–Trinajstić information content (AvgIpc) is 2.69. The van der Waals surface area contributed by atoms with Gasteiger partial charge in [0.1, 0.15) is 10.7 Å². The Balaban J connectivity index is 2.08. The second-order valence-corrected chi connectivity index (χ2v) is 5.57. The molecule has 0 radical (unpaired) electrons. The van der Waals surface area contributed by atoms with Crippen LogP contribution in [0.25, 0.3) is 11.2 Å². The SMILES string of the molecule is Cc1nn(Cc2ccc(Cl)cc2Cl)c2nc(Cl)cnc12. The van der Waals surface area contributed by atoms with Gasteiger partial charge in [0.15, 0.2) is 5.65 Å². The molecule has 4 nitrogen and oxygen atoms in total. The van der Waals surface area contributed by atoms with Crippen molar-refractivity contribution in [2.45, 2.75) is 13.5 Å². The normalized spacial score (nSPS) is 11.2. The van der Waals surface area contributed by atoms with Gasteiger partial charge < -0.3 is 0 Å². The molecule has 1 aromatic carbocycles. The van der Waals surface area contributed by atoms with Gasteiger partial charge in [-0.25, -0.2) is 14.6 Å². The van der Waals surface area contributed by atoms with Crippen LogP contribution < -0.4 is 0 Å². The number of halogens is 3. The minimum Gasteiger partial charge on any atom is -0.248 e. The summed E-state index contributed by atoms with van der Waals surface area (Å²) in [5, 5.41) is 5.96. The fraction of sp³-hybridized carbons (Fsp3) is 0.154. The molecule has 20 heavy (non-hydrogen) atoms. The molecule has 0 unspecified atom stereocenters. The van der Waals surface area contributed by atoms with Gasteiger partial charge >= 0.3 is 0 Å². The van der Waals surface area contributed by atoms with Gasteiger partial charge in [-0.1, -0.05) is 40.9 Å². The van der Waals surface area contributed by atoms with E-state index in [0.717, 1.165) is 16.8 Å². The second-order valence-electron chi connectivity index (χ2n) is 4.34. The van der Waals surface area contributed by atoms with Crippen molar-refractivity contribution < 1.29 is 0 Å². The summed E-state index contributed by atoms with van der Waals surface area (Å²) in [6, 6.07) is 5.36. The van der Waals surface area contributed by atoms with Crippen LogP contribution in [0.3, 0.4) is 0 Å². The predicted octanol–water partition coefficient (Wildman–Crippen LogP) is 4.14. The van der Waals surface area contributed by atoms with Gasteiger partial charge in [0, 0.05) is 10.0 Å². The number of fused-ring (bicyclic) bond motifs is 1. The highest BCUT2D eigenvalue weighted by Crippen LogP contribution is 2.23. The first-order valence-electron chi connectivity index (χ1n) is 5.84. The summed E-state index contributed by atoms with van der Waals surface area (Å²) in [6.45, 7) is 2.36. The minimum absolute atomic E-state index is 0.334. The Kier molecular flexibility index (Phi) is 3.54. The summed E-state index contributed by atoms with van der Waals surface area (Å²) in [6.07, 6.45) is 1.51. The van der Waals surface area contributed by atoms with E-state index in [-0.39, 0.29) is 0 Å². The Bertz CT molecular complexity index is 798. The van der Waals surface area contributed by atoms with Crippen LogP contribution in [-0.4, -0.2) is 19.7 Å². The van der Waals surface area contributed by atoms with Crippen molar-refractivity contribution in [3.05, 3.63) is 50.9 Å². The minimum atomic E-state index is 0.334. The number of nitrogens with zero attached hydrogens (tertiary/aromatic N) is 4. The number of hydrogen-bond acceptors (Lipinski definition) is 3. The van der Waals surface area contributed by atoms with E-state index < -0.39 is 0 Å². The first-order valence-corrected chi connectivity index (χ1v) is 6.97. The van der Waals surface area contributed by atoms with Crippen LogP contribution in [-0.2, 0) is 6.54 Å². The molecule has 0 N–H and O–H groups in total. The topological polar surface area (TPSA) is 43.6 Å². The van der Waals surface area contributed by atoms with E-state index in [1.165, 1.54) is 6.20 Å². The molecular weight excluding hydrogens is 319 g/mol. The van der Waals surface area contributed by atoms with Crippen LogP contribution in [0.4, 0.5) is 0 Å². The number of rotatable bonds is 2. The maximum atomic E-state index is 6.18. The number of benzene rings is 1. The molecule has 0 aliphatic heterocycles. The number of aryl methyl sites for hydroxylation is 1. The molecule has 3 aromatic rings. The van der Waals surface area contributed by atoms with Gasteiger partial charge in [-0.15, -0.1) is 0 Å². The molecule has 0 atom stereocenters. The van der Waals surface area contributed by atoms with Gasteiger partial charge in [0.2, 0.25) is 0 Å². The highest BCUT2D eigenvalue weighted by Gasteiger charge is 2.12. The van der Waals surface area contributed by atoms with Crippen LogP contribution in [0.1, 0.15) is 11.3 Å². The fourth-order valence-corrected chi connectivity index (χ4v) is 2.59. The molecular formula is C13H9Cl3N4. The van der Waals surface area contributed by atoms with E-state index in [0.29, 0.717) is 27.4 Å². The molecule has 0 aliphatic carbocycles. The van der Waals surface area contributed by atoms with Gasteiger partial charge in [-0.3, -0.25) is 0 Å². The maximum absolute atomic E-state index is 6.18. The van der Waals surface area contributed by atoms with E-state index in [1.807, 2.05) is 13.0 Å². The first-order chi connectivity index (χ1) is 9.54. The number of hydrogen-bond donors (Lipinski definition) is 0. The molecule has 3 rings (SSSR count). The van der Waals surface area contributed by atoms with Crippen LogP contribution in [0, 0.1) is 6.92 Å². The fourth-order valence-electron chi connectivity index (χ4n) is 1.99. The second kappa shape index (κ2) is 5.20. The summed E-state index contributed by atoms with van der Waals surface area (Å²) >= 11 is 18.0. The third-order valence-electron chi connectivity index (χ3n) is 2.92. The molecule has 0 bridgehead atoms. The van der Waals surface area contributed by atoms with E-state index >= 15 is 0 Å². The molecule has 102 valence electrons. The predicted molar refractivity (Wildman–Crippen MR) is 80.6 cm³/mol. The highest BCUT2D eigenvalue weighted by molar-refractivity contribution is 6.35. The van der Waals surface area contributed by atoms with Crippen molar-refractivity contribution in [1.29, 1.82) is 0 Å². The average molecular weight is 328 g/mol. The monoisotopic (exact) mass is 326 g/mol.